The molecule has 0 aliphatic carbocycles. The van der Waals surface area contributed by atoms with Gasteiger partial charge >= 0.3 is 114 Å². The van der Waals surface area contributed by atoms with Crippen LogP contribution in [-0.4, -0.2) is 17.1 Å². The van der Waals surface area contributed by atoms with Gasteiger partial charge in [0.1, 0.15) is 0 Å². The van der Waals surface area contributed by atoms with Gasteiger partial charge in [-0.3, -0.25) is 0 Å². The van der Waals surface area contributed by atoms with Gasteiger partial charge in [-0.25, -0.2) is 0 Å². The Kier molecular flexibility index (Phi) is 10.1. The summed E-state index contributed by atoms with van der Waals surface area (Å²) in [6.07, 6.45) is 1.39. The molecule has 24 heavy (non-hydrogen) atoms. The van der Waals surface area contributed by atoms with Crippen molar-refractivity contribution >= 4 is 75.6 Å². The molecule has 0 bridgehead atoms. The molecule has 11 heteroatoms. The van der Waals surface area contributed by atoms with Crippen LogP contribution in [0.2, 0.25) is 0 Å². The van der Waals surface area contributed by atoms with E-state index in [2.05, 4.69) is 20.9 Å². The number of aryl methyl sites for hydroxylation is 1. The van der Waals surface area contributed by atoms with Crippen LogP contribution in [0.5, 0.6) is 0 Å². The molecule has 0 saturated heterocycles. The minimum atomic E-state index is -5.13. The molecule has 1 aromatic carbocycles. The van der Waals surface area contributed by atoms with Gasteiger partial charge in [0, 0.05) is 5.41 Å². The van der Waals surface area contributed by atoms with Gasteiger partial charge in [0.25, 0.3) is 0 Å². The second-order valence-corrected chi connectivity index (χ2v) is 40.4. The van der Waals surface area contributed by atoms with Gasteiger partial charge in [-0.15, -0.1) is 0 Å². The summed E-state index contributed by atoms with van der Waals surface area (Å²) in [6.45, 7) is 7.99. The van der Waals surface area contributed by atoms with Gasteiger partial charge in [-0.05, 0) is 15.9 Å². The van der Waals surface area contributed by atoms with Crippen LogP contribution in [0.4, 0.5) is 0 Å². The standard InChI is InChI=1S/C7H8O2S.C6H10BrN2.4ClH.Sn/c1-6-2-4-7(5-3-6)10(8)9;1-6(2,3)5(7)4-9-8;;;;;/h2-5H,1H3,(H,8,9);4H,1-3H3;4*1H;/q;+1;;;;;+4/p-5/b;5-4-;;;;;. The molecule has 0 radical (unpaired) electrons. The summed E-state index contributed by atoms with van der Waals surface area (Å²) in [5.74, 6) is 0. The van der Waals surface area contributed by atoms with E-state index in [1.807, 2.05) is 27.7 Å². The Bertz CT molecular complexity index is 655. The first kappa shape index (κ1) is 24.9. The molecule has 1 rings (SSSR count). The SMILES string of the molecule is CC(C)(C)/C(Br)=C/[N+]#N.Cc1ccc(S(=O)[O][Sn-]([Cl])([Cl])([Cl])[Cl])cc1. The van der Waals surface area contributed by atoms with Crippen LogP contribution in [0.1, 0.15) is 26.3 Å². The molecule has 0 saturated carbocycles. The molecule has 4 nitrogen and oxygen atoms in total. The molecular weight excluding hydrogens is 589 g/mol. The van der Waals surface area contributed by atoms with Crippen molar-refractivity contribution in [2.24, 2.45) is 5.41 Å². The first-order valence-electron chi connectivity index (χ1n) is 6.50. The summed E-state index contributed by atoms with van der Waals surface area (Å²) in [7, 11) is 22.2. The summed E-state index contributed by atoms with van der Waals surface area (Å²) >= 11 is -3.70. The van der Waals surface area contributed by atoms with Crippen molar-refractivity contribution in [3.05, 3.63) is 45.5 Å². The number of hydrogen-bond donors (Lipinski definition) is 0. The maximum absolute atomic E-state index is 11.6. The Hall–Kier alpha value is 0.929. The molecular formula is C13H17BrCl4N2O2SSn. The Morgan fingerprint density at radius 1 is 1.25 bits per heavy atom. The molecule has 136 valence electrons. The van der Waals surface area contributed by atoms with E-state index >= 15 is 0 Å². The zero-order valence-electron chi connectivity index (χ0n) is 13.4. The summed E-state index contributed by atoms with van der Waals surface area (Å²) in [5, 5.41) is 8.12. The number of allylic oxidation sites excluding steroid dienone is 1. The summed E-state index contributed by atoms with van der Waals surface area (Å²) in [6, 6.07) is 6.83. The van der Waals surface area contributed by atoms with E-state index in [0.29, 0.717) is 4.90 Å². The molecule has 0 spiro atoms. The zero-order chi connectivity index (χ0) is 19.2. The van der Waals surface area contributed by atoms with Crippen molar-refractivity contribution in [2.75, 3.05) is 0 Å². The number of diazo groups is 1. The fourth-order valence-electron chi connectivity index (χ4n) is 1.06. The third-order valence-corrected chi connectivity index (χ3v) is 13.3. The topological polar surface area (TPSA) is 54.5 Å². The van der Waals surface area contributed by atoms with E-state index in [-0.39, 0.29) is 5.41 Å². The molecule has 0 heterocycles. The van der Waals surface area contributed by atoms with Gasteiger partial charge < -0.3 is 0 Å². The van der Waals surface area contributed by atoms with Crippen molar-refractivity contribution in [3.8, 4) is 0 Å². The number of hydrogen-bond acceptors (Lipinski definition) is 3. The van der Waals surface area contributed by atoms with Crippen LogP contribution in [0.15, 0.2) is 39.8 Å². The van der Waals surface area contributed by atoms with E-state index in [1.54, 1.807) is 24.3 Å². The molecule has 0 aliphatic heterocycles. The average Bonchev–Trinajstić information content (AvgIpc) is 2.36. The molecule has 0 fully saturated rings. The van der Waals surface area contributed by atoms with Gasteiger partial charge in [0.05, 0.1) is 4.48 Å². The van der Waals surface area contributed by atoms with Crippen LogP contribution >= 0.6 is 51.6 Å². The van der Waals surface area contributed by atoms with Crippen molar-refractivity contribution < 1.29 is 6.73 Å². The Balaban J connectivity index is 0.000000506. The molecule has 0 aromatic heterocycles. The number of rotatable bonds is 3. The Morgan fingerprint density at radius 3 is 2.00 bits per heavy atom. The Labute approximate surface area is 169 Å². The molecule has 0 amide bonds. The molecule has 1 aromatic rings. The summed E-state index contributed by atoms with van der Waals surface area (Å²) < 4.78 is 17.3. The van der Waals surface area contributed by atoms with Crippen LogP contribution in [0, 0.1) is 17.7 Å². The van der Waals surface area contributed by atoms with E-state index in [9.17, 15) is 4.21 Å². The zero-order valence-corrected chi connectivity index (χ0v) is 21.7. The van der Waals surface area contributed by atoms with Gasteiger partial charge in [0.2, 0.25) is 5.39 Å². The van der Waals surface area contributed by atoms with Crippen LogP contribution < -0.4 is 0 Å². The van der Waals surface area contributed by atoms with Crippen molar-refractivity contribution in [3.63, 3.8) is 0 Å². The first-order chi connectivity index (χ1) is 10.6. The number of halogens is 5. The van der Waals surface area contributed by atoms with E-state index in [4.69, 9.17) is 43.6 Å². The predicted molar refractivity (Wildman–Crippen MR) is 109 cm³/mol. The second-order valence-electron chi connectivity index (χ2n) is 5.71. The maximum atomic E-state index is 11.6. The fourth-order valence-corrected chi connectivity index (χ4v) is 9.22. The Morgan fingerprint density at radius 2 is 1.71 bits per heavy atom. The summed E-state index contributed by atoms with van der Waals surface area (Å²) in [5.41, 5.74) is 1.07. The van der Waals surface area contributed by atoms with Gasteiger partial charge in [-0.2, -0.15) is 0 Å². The number of benzene rings is 1. The fraction of sp³-hybridized carbons (Fsp3) is 0.385. The second kappa shape index (κ2) is 9.75. The van der Waals surface area contributed by atoms with Gasteiger partial charge in [0.15, 0.2) is 4.98 Å². The van der Waals surface area contributed by atoms with Crippen LogP contribution in [0.3, 0.4) is 0 Å². The monoisotopic (exact) mass is 604 g/mol. The van der Waals surface area contributed by atoms with E-state index < -0.39 is 24.0 Å². The predicted octanol–water partition coefficient (Wildman–Crippen LogP) is 7.00. The molecule has 1 unspecified atom stereocenters. The average molecular weight is 606 g/mol. The minimum absolute atomic E-state index is 0.0340. The van der Waals surface area contributed by atoms with Crippen molar-refractivity contribution in [1.29, 1.82) is 5.39 Å². The molecule has 0 N–H and O–H groups in total. The third kappa shape index (κ3) is 12.3. The van der Waals surface area contributed by atoms with E-state index in [0.717, 1.165) is 10.0 Å². The van der Waals surface area contributed by atoms with Crippen LogP contribution in [-0.2, 0) is 13.6 Å². The van der Waals surface area contributed by atoms with Crippen LogP contribution in [0.25, 0.3) is 4.98 Å². The number of nitrogens with zero attached hydrogens (tertiary/aromatic N) is 2. The summed E-state index contributed by atoms with van der Waals surface area (Å²) in [4.78, 5) is 3.31. The van der Waals surface area contributed by atoms with Gasteiger partial charge in [-0.1, -0.05) is 20.8 Å². The quantitative estimate of drug-likeness (QED) is 0.276. The van der Waals surface area contributed by atoms with Crippen molar-refractivity contribution in [2.45, 2.75) is 32.6 Å². The molecule has 1 atom stereocenters. The third-order valence-electron chi connectivity index (χ3n) is 2.30. The normalized spacial score (nSPS) is 15.3. The molecule has 0 aliphatic rings. The van der Waals surface area contributed by atoms with E-state index in [1.165, 1.54) is 6.20 Å². The first-order valence-corrected chi connectivity index (χ1v) is 24.0. The van der Waals surface area contributed by atoms with Crippen molar-refractivity contribution in [1.82, 2.24) is 0 Å².